The fourth-order valence-corrected chi connectivity index (χ4v) is 6.33. The average Bonchev–Trinajstić information content (AvgIpc) is 2.92. The van der Waals surface area contributed by atoms with Crippen molar-refractivity contribution in [3.63, 3.8) is 0 Å². The Hall–Kier alpha value is -3.33. The molecule has 2 aromatic rings. The smallest absolute Gasteiger partial charge is 0.410 e. The van der Waals surface area contributed by atoms with Gasteiger partial charge in [0.2, 0.25) is 14.2 Å². The zero-order chi connectivity index (χ0) is 33.1. The molecular weight excluding hydrogens is 572 g/mol. The minimum absolute atomic E-state index is 0.0112. The van der Waals surface area contributed by atoms with Gasteiger partial charge in [-0.1, -0.05) is 77.1 Å². The van der Waals surface area contributed by atoms with Crippen LogP contribution in [0.1, 0.15) is 72.9 Å². The van der Waals surface area contributed by atoms with Gasteiger partial charge in [0, 0.05) is 13.0 Å². The Kier molecular flexibility index (Phi) is 10.7. The first kappa shape index (κ1) is 35.1. The number of piperidine rings is 1. The van der Waals surface area contributed by atoms with Crippen LogP contribution in [0.2, 0.25) is 18.1 Å². The van der Waals surface area contributed by atoms with Gasteiger partial charge in [0.25, 0.3) is 0 Å². The van der Waals surface area contributed by atoms with Crippen molar-refractivity contribution < 1.29 is 28.3 Å². The van der Waals surface area contributed by atoms with Gasteiger partial charge >= 0.3 is 12.1 Å². The van der Waals surface area contributed by atoms with Crippen molar-refractivity contribution >= 4 is 26.3 Å². The molecule has 9 heteroatoms. The third-order valence-electron chi connectivity index (χ3n) is 9.24. The number of hydrogen-bond acceptors (Lipinski definition) is 6. The summed E-state index contributed by atoms with van der Waals surface area (Å²) in [5.41, 5.74) is 0.705. The van der Waals surface area contributed by atoms with E-state index in [-0.39, 0.29) is 17.4 Å². The highest BCUT2D eigenvalue weighted by atomic mass is 28.4. The van der Waals surface area contributed by atoms with Crippen LogP contribution in [0, 0.1) is 5.92 Å². The van der Waals surface area contributed by atoms with Crippen molar-refractivity contribution in [2.45, 2.75) is 109 Å². The van der Waals surface area contributed by atoms with Crippen LogP contribution in [0.4, 0.5) is 4.79 Å². The predicted molar refractivity (Wildman–Crippen MR) is 176 cm³/mol. The number of carbonyl (C=O) groups is 3. The molecule has 2 amide bonds. The number of benzene rings is 2. The number of likely N-dealkylation sites (tertiary alicyclic amines) is 1. The van der Waals surface area contributed by atoms with E-state index in [0.29, 0.717) is 13.0 Å². The Morgan fingerprint density at radius 1 is 1.02 bits per heavy atom. The molecule has 1 saturated heterocycles. The second-order valence-electron chi connectivity index (χ2n) is 14.8. The van der Waals surface area contributed by atoms with Crippen molar-refractivity contribution in [3.05, 3.63) is 65.7 Å². The zero-order valence-corrected chi connectivity index (χ0v) is 29.4. The maximum Gasteiger partial charge on any atom is 0.410 e. The van der Waals surface area contributed by atoms with Gasteiger partial charge in [0.15, 0.2) is 0 Å². The number of carbonyl (C=O) groups excluding carboxylic acids is 3. The molecule has 1 fully saturated rings. The van der Waals surface area contributed by atoms with Crippen LogP contribution in [0.3, 0.4) is 0 Å². The minimum Gasteiger partial charge on any atom is -0.543 e. The number of amides is 2. The summed E-state index contributed by atoms with van der Waals surface area (Å²) in [7, 11) is -0.779. The number of rotatable bonds is 8. The van der Waals surface area contributed by atoms with E-state index >= 15 is 0 Å². The zero-order valence-electron chi connectivity index (χ0n) is 28.4. The molecule has 0 aliphatic carbocycles. The highest BCUT2D eigenvalue weighted by molar-refractivity contribution is 6.74. The van der Waals surface area contributed by atoms with Gasteiger partial charge in [-0.05, 0) is 79.9 Å². The van der Waals surface area contributed by atoms with E-state index < -0.39 is 49.4 Å². The van der Waals surface area contributed by atoms with Crippen molar-refractivity contribution in [1.29, 1.82) is 0 Å². The normalized spacial score (nSPS) is 21.7. The van der Waals surface area contributed by atoms with E-state index in [1.54, 1.807) is 20.8 Å². The summed E-state index contributed by atoms with van der Waals surface area (Å²) in [6, 6.07) is 15.8. The SMILES string of the molecule is COC(=O)[C@@H](Cc1ccccc1)NC(=O)[C@H]1C[C@@](C)(c2cccc(O[Si](C)(C)C(C)(C)C)c2)[C@@H](C)CN1C(=O)OC(C)(C)C. The largest absolute Gasteiger partial charge is 0.543 e. The molecule has 4 atom stereocenters. The van der Waals surface area contributed by atoms with E-state index in [4.69, 9.17) is 13.9 Å². The molecule has 1 N–H and O–H groups in total. The molecule has 1 heterocycles. The summed E-state index contributed by atoms with van der Waals surface area (Å²) in [4.78, 5) is 41.9. The average molecular weight is 625 g/mol. The summed E-state index contributed by atoms with van der Waals surface area (Å²) in [5.74, 6) is -0.169. The van der Waals surface area contributed by atoms with Gasteiger partial charge in [0.1, 0.15) is 23.4 Å². The standard InChI is InChI=1S/C35H52N2O6Si/c1-24-23-37(32(40)42-33(2,3)4)29(30(38)36-28(31(39)41-9)20-25-16-13-12-14-17-25)22-35(24,8)26-18-15-19-27(21-26)43-44(10,11)34(5,6)7/h12-19,21,24,28-29H,20,22-23H2,1-11H3,(H,36,38)/t24-,28+,29+,35+/m0/s1. The molecular formula is C35H52N2O6Si. The van der Waals surface area contributed by atoms with Gasteiger partial charge in [-0.25, -0.2) is 9.59 Å². The summed E-state index contributed by atoms with van der Waals surface area (Å²) in [6.07, 6.45) is 0.0419. The Morgan fingerprint density at radius 2 is 1.66 bits per heavy atom. The van der Waals surface area contributed by atoms with Crippen LogP contribution in [-0.4, -0.2) is 62.5 Å². The van der Waals surface area contributed by atoms with Crippen molar-refractivity contribution in [3.8, 4) is 5.75 Å². The monoisotopic (exact) mass is 624 g/mol. The quantitative estimate of drug-likeness (QED) is 0.254. The van der Waals surface area contributed by atoms with E-state index in [1.807, 2.05) is 42.5 Å². The highest BCUT2D eigenvalue weighted by Crippen LogP contribution is 2.44. The molecule has 1 aliphatic rings. The third-order valence-corrected chi connectivity index (χ3v) is 13.6. The number of hydrogen-bond donors (Lipinski definition) is 1. The lowest BCUT2D eigenvalue weighted by Crippen LogP contribution is -2.61. The van der Waals surface area contributed by atoms with Crippen LogP contribution in [0.15, 0.2) is 54.6 Å². The molecule has 242 valence electrons. The first-order chi connectivity index (χ1) is 20.3. The topological polar surface area (TPSA) is 94.2 Å². The first-order valence-corrected chi connectivity index (χ1v) is 18.4. The Balaban J connectivity index is 1.98. The maximum absolute atomic E-state index is 14.1. The molecule has 1 aliphatic heterocycles. The fourth-order valence-electron chi connectivity index (χ4n) is 5.31. The lowest BCUT2D eigenvalue weighted by Gasteiger charge is -2.49. The van der Waals surface area contributed by atoms with Gasteiger partial charge in [-0.2, -0.15) is 0 Å². The van der Waals surface area contributed by atoms with Crippen LogP contribution >= 0.6 is 0 Å². The molecule has 2 aromatic carbocycles. The second kappa shape index (κ2) is 13.3. The fraction of sp³-hybridized carbons (Fsp3) is 0.571. The number of ether oxygens (including phenoxy) is 2. The number of nitrogens with one attached hydrogen (secondary N) is 1. The molecule has 3 rings (SSSR count). The molecule has 44 heavy (non-hydrogen) atoms. The van der Waals surface area contributed by atoms with Crippen molar-refractivity contribution in [2.75, 3.05) is 13.7 Å². The van der Waals surface area contributed by atoms with Crippen LogP contribution < -0.4 is 9.74 Å². The maximum atomic E-state index is 14.1. The molecule has 0 spiro atoms. The third kappa shape index (κ3) is 8.43. The van der Waals surface area contributed by atoms with Gasteiger partial charge < -0.3 is 19.2 Å². The molecule has 0 radical (unpaired) electrons. The van der Waals surface area contributed by atoms with Gasteiger partial charge in [-0.15, -0.1) is 0 Å². The Morgan fingerprint density at radius 3 is 2.23 bits per heavy atom. The van der Waals surface area contributed by atoms with Gasteiger partial charge in [-0.3, -0.25) is 9.69 Å². The summed E-state index contributed by atoms with van der Waals surface area (Å²) in [6.45, 7) is 21.0. The molecule has 0 saturated carbocycles. The lowest BCUT2D eigenvalue weighted by atomic mass is 9.65. The summed E-state index contributed by atoms with van der Waals surface area (Å²) in [5, 5.41) is 2.95. The van der Waals surface area contributed by atoms with E-state index in [0.717, 1.165) is 16.9 Å². The number of methoxy groups -OCH3 is 1. The highest BCUT2D eigenvalue weighted by Gasteiger charge is 2.49. The minimum atomic E-state index is -2.08. The van der Waals surface area contributed by atoms with E-state index in [2.05, 4.69) is 65.2 Å². The van der Waals surface area contributed by atoms with Crippen LogP contribution in [0.25, 0.3) is 0 Å². The predicted octanol–water partition coefficient (Wildman–Crippen LogP) is 6.87. The van der Waals surface area contributed by atoms with Crippen molar-refractivity contribution in [1.82, 2.24) is 10.2 Å². The van der Waals surface area contributed by atoms with Crippen LogP contribution in [0.5, 0.6) is 5.75 Å². The molecule has 0 unspecified atom stereocenters. The second-order valence-corrected chi connectivity index (χ2v) is 19.6. The molecule has 0 bridgehead atoms. The Bertz CT molecular complexity index is 1320. The van der Waals surface area contributed by atoms with E-state index in [9.17, 15) is 14.4 Å². The summed E-state index contributed by atoms with van der Waals surface area (Å²) < 4.78 is 17.4. The van der Waals surface area contributed by atoms with Crippen molar-refractivity contribution in [2.24, 2.45) is 5.92 Å². The summed E-state index contributed by atoms with van der Waals surface area (Å²) >= 11 is 0. The molecule has 8 nitrogen and oxygen atoms in total. The van der Waals surface area contributed by atoms with Gasteiger partial charge in [0.05, 0.1) is 7.11 Å². The molecule has 0 aromatic heterocycles. The number of nitrogens with zero attached hydrogens (tertiary/aromatic N) is 1. The lowest BCUT2D eigenvalue weighted by molar-refractivity contribution is -0.146. The van der Waals surface area contributed by atoms with Crippen LogP contribution in [-0.2, 0) is 30.9 Å². The number of esters is 1. The first-order valence-electron chi connectivity index (χ1n) is 15.5. The van der Waals surface area contributed by atoms with E-state index in [1.165, 1.54) is 12.0 Å². The Labute approximate surface area is 265 Å².